The molecule has 0 bridgehead atoms. The van der Waals surface area contributed by atoms with Gasteiger partial charge in [-0.25, -0.2) is 4.79 Å². The molecule has 0 unspecified atom stereocenters. The van der Waals surface area contributed by atoms with Crippen LogP contribution in [0.2, 0.25) is 0 Å². The van der Waals surface area contributed by atoms with E-state index in [0.29, 0.717) is 6.42 Å². The zero-order valence-corrected chi connectivity index (χ0v) is 13.7. The van der Waals surface area contributed by atoms with Gasteiger partial charge in [0.2, 0.25) is 17.7 Å². The van der Waals surface area contributed by atoms with E-state index in [1.54, 1.807) is 6.92 Å². The SMILES string of the molecule is CC[C@H](C)[C@H](NC(=O)[C@H](C)NC(=O)[C@@H](N)CCC(N)=O)C(=O)O. The fourth-order valence-corrected chi connectivity index (χ4v) is 1.78. The molecule has 0 aromatic heterocycles. The number of hydrogen-bond donors (Lipinski definition) is 5. The highest BCUT2D eigenvalue weighted by Gasteiger charge is 2.28. The summed E-state index contributed by atoms with van der Waals surface area (Å²) in [5.41, 5.74) is 10.6. The molecule has 0 spiro atoms. The molecule has 0 heterocycles. The number of aliphatic carboxylic acids is 1. The number of carbonyl (C=O) groups is 4. The maximum atomic E-state index is 12.0. The highest BCUT2D eigenvalue weighted by atomic mass is 16.4. The van der Waals surface area contributed by atoms with Crippen LogP contribution in [0.15, 0.2) is 0 Å². The summed E-state index contributed by atoms with van der Waals surface area (Å²) in [5.74, 6) is -3.18. The van der Waals surface area contributed by atoms with Gasteiger partial charge >= 0.3 is 5.97 Å². The Balaban J connectivity index is 4.56. The van der Waals surface area contributed by atoms with Gasteiger partial charge in [-0.05, 0) is 19.3 Å². The van der Waals surface area contributed by atoms with Gasteiger partial charge in [0.15, 0.2) is 0 Å². The molecule has 0 aliphatic rings. The summed E-state index contributed by atoms with van der Waals surface area (Å²) in [7, 11) is 0. The predicted molar refractivity (Wildman–Crippen MR) is 83.0 cm³/mol. The lowest BCUT2D eigenvalue weighted by molar-refractivity contribution is -0.143. The van der Waals surface area contributed by atoms with Crippen LogP contribution in [0.3, 0.4) is 0 Å². The van der Waals surface area contributed by atoms with Crippen LogP contribution in [0, 0.1) is 5.92 Å². The number of rotatable bonds is 10. The van der Waals surface area contributed by atoms with Gasteiger partial charge in [0.1, 0.15) is 12.1 Å². The summed E-state index contributed by atoms with van der Waals surface area (Å²) in [5, 5.41) is 13.9. The van der Waals surface area contributed by atoms with Crippen LogP contribution in [0.5, 0.6) is 0 Å². The molecule has 23 heavy (non-hydrogen) atoms. The van der Waals surface area contributed by atoms with Gasteiger partial charge in [0, 0.05) is 6.42 Å². The minimum absolute atomic E-state index is 0.0374. The topological polar surface area (TPSA) is 165 Å². The third kappa shape index (κ3) is 7.59. The summed E-state index contributed by atoms with van der Waals surface area (Å²) in [6, 6.07) is -2.95. The fraction of sp³-hybridized carbons (Fsp3) is 0.714. The normalized spacial score (nSPS) is 15.8. The molecule has 132 valence electrons. The Morgan fingerprint density at radius 1 is 1.09 bits per heavy atom. The number of carbonyl (C=O) groups excluding carboxylic acids is 3. The first kappa shape index (κ1) is 20.8. The van der Waals surface area contributed by atoms with E-state index in [1.807, 2.05) is 6.92 Å². The zero-order chi connectivity index (χ0) is 18.2. The first-order chi connectivity index (χ1) is 10.6. The molecule has 0 aliphatic carbocycles. The Bertz CT molecular complexity index is 454. The van der Waals surface area contributed by atoms with Crippen molar-refractivity contribution >= 4 is 23.7 Å². The second-order valence-electron chi connectivity index (χ2n) is 5.55. The van der Waals surface area contributed by atoms with E-state index in [1.165, 1.54) is 6.92 Å². The van der Waals surface area contributed by atoms with Gasteiger partial charge in [-0.1, -0.05) is 20.3 Å². The molecular weight excluding hydrogens is 304 g/mol. The van der Waals surface area contributed by atoms with Crippen LogP contribution in [-0.2, 0) is 19.2 Å². The van der Waals surface area contributed by atoms with Crippen LogP contribution in [0.4, 0.5) is 0 Å². The number of primary amides is 1. The Kier molecular flexibility index (Phi) is 8.86. The standard InChI is InChI=1S/C14H26N4O5/c1-4-7(2)11(14(22)23)18-12(20)8(3)17-13(21)9(15)5-6-10(16)19/h7-9,11H,4-6,15H2,1-3H3,(H2,16,19)(H,17,21)(H,18,20)(H,22,23)/t7-,8-,9-,11-/m0/s1. The van der Waals surface area contributed by atoms with Gasteiger partial charge in [-0.15, -0.1) is 0 Å². The molecule has 4 atom stereocenters. The van der Waals surface area contributed by atoms with Crippen LogP contribution in [0.25, 0.3) is 0 Å². The second kappa shape index (κ2) is 9.78. The van der Waals surface area contributed by atoms with Crippen molar-refractivity contribution in [3.8, 4) is 0 Å². The minimum atomic E-state index is -1.13. The molecule has 0 rings (SSSR count). The first-order valence-electron chi connectivity index (χ1n) is 7.47. The number of nitrogens with two attached hydrogens (primary N) is 2. The zero-order valence-electron chi connectivity index (χ0n) is 13.7. The average Bonchev–Trinajstić information content (AvgIpc) is 2.48. The van der Waals surface area contributed by atoms with E-state index in [-0.39, 0.29) is 18.8 Å². The van der Waals surface area contributed by atoms with E-state index in [9.17, 15) is 19.2 Å². The summed E-state index contributed by atoms with van der Waals surface area (Å²) in [6.45, 7) is 4.95. The van der Waals surface area contributed by atoms with Gasteiger partial charge in [0.25, 0.3) is 0 Å². The Hall–Kier alpha value is -2.16. The number of nitrogens with one attached hydrogen (secondary N) is 2. The van der Waals surface area contributed by atoms with Crippen molar-refractivity contribution in [2.75, 3.05) is 0 Å². The molecule has 0 aliphatic heterocycles. The van der Waals surface area contributed by atoms with E-state index in [4.69, 9.17) is 16.6 Å². The van der Waals surface area contributed by atoms with E-state index < -0.39 is 41.8 Å². The summed E-state index contributed by atoms with van der Waals surface area (Å²) in [6.07, 6.45) is 0.611. The first-order valence-corrected chi connectivity index (χ1v) is 7.47. The molecule has 9 heteroatoms. The van der Waals surface area contributed by atoms with Crippen molar-refractivity contribution in [1.29, 1.82) is 0 Å². The lowest BCUT2D eigenvalue weighted by atomic mass is 9.99. The number of carboxylic acid groups (broad SMARTS) is 1. The van der Waals surface area contributed by atoms with Crippen molar-refractivity contribution in [2.24, 2.45) is 17.4 Å². The molecule has 0 radical (unpaired) electrons. The summed E-state index contributed by atoms with van der Waals surface area (Å²) >= 11 is 0. The quantitative estimate of drug-likeness (QED) is 0.334. The lowest BCUT2D eigenvalue weighted by Gasteiger charge is -2.23. The van der Waals surface area contributed by atoms with Gasteiger partial charge in [0.05, 0.1) is 6.04 Å². The third-order valence-corrected chi connectivity index (χ3v) is 3.57. The van der Waals surface area contributed by atoms with Gasteiger partial charge in [-0.2, -0.15) is 0 Å². The molecule has 9 nitrogen and oxygen atoms in total. The highest BCUT2D eigenvalue weighted by molar-refractivity contribution is 5.91. The van der Waals surface area contributed by atoms with Crippen molar-refractivity contribution < 1.29 is 24.3 Å². The lowest BCUT2D eigenvalue weighted by Crippen LogP contribution is -2.54. The van der Waals surface area contributed by atoms with Crippen LogP contribution in [-0.4, -0.2) is 46.9 Å². The van der Waals surface area contributed by atoms with E-state index >= 15 is 0 Å². The largest absolute Gasteiger partial charge is 0.480 e. The Morgan fingerprint density at radius 2 is 1.65 bits per heavy atom. The Labute approximate surface area is 135 Å². The second-order valence-corrected chi connectivity index (χ2v) is 5.55. The Morgan fingerprint density at radius 3 is 2.09 bits per heavy atom. The molecule has 0 fully saturated rings. The summed E-state index contributed by atoms with van der Waals surface area (Å²) in [4.78, 5) is 45.6. The molecular formula is C14H26N4O5. The molecule has 0 saturated carbocycles. The van der Waals surface area contributed by atoms with Crippen molar-refractivity contribution in [1.82, 2.24) is 10.6 Å². The molecule has 0 saturated heterocycles. The van der Waals surface area contributed by atoms with E-state index in [0.717, 1.165) is 0 Å². The van der Waals surface area contributed by atoms with Gasteiger partial charge in [-0.3, -0.25) is 14.4 Å². The van der Waals surface area contributed by atoms with Crippen LogP contribution >= 0.6 is 0 Å². The summed E-state index contributed by atoms with van der Waals surface area (Å²) < 4.78 is 0. The maximum Gasteiger partial charge on any atom is 0.326 e. The van der Waals surface area contributed by atoms with Crippen molar-refractivity contribution in [3.05, 3.63) is 0 Å². The van der Waals surface area contributed by atoms with Crippen LogP contribution < -0.4 is 22.1 Å². The monoisotopic (exact) mass is 330 g/mol. The number of amides is 3. The highest BCUT2D eigenvalue weighted by Crippen LogP contribution is 2.08. The van der Waals surface area contributed by atoms with Crippen LogP contribution in [0.1, 0.15) is 40.0 Å². The third-order valence-electron chi connectivity index (χ3n) is 3.57. The molecule has 0 aromatic carbocycles. The van der Waals surface area contributed by atoms with Gasteiger partial charge < -0.3 is 27.2 Å². The molecule has 0 aromatic rings. The fourth-order valence-electron chi connectivity index (χ4n) is 1.78. The van der Waals surface area contributed by atoms with Crippen molar-refractivity contribution in [2.45, 2.75) is 58.2 Å². The number of hydrogen-bond acceptors (Lipinski definition) is 5. The van der Waals surface area contributed by atoms with E-state index in [2.05, 4.69) is 10.6 Å². The smallest absolute Gasteiger partial charge is 0.326 e. The maximum absolute atomic E-state index is 12.0. The average molecular weight is 330 g/mol. The predicted octanol–water partition coefficient (Wildman–Crippen LogP) is -1.30. The number of carboxylic acids is 1. The molecule has 7 N–H and O–H groups in total. The molecule has 3 amide bonds. The minimum Gasteiger partial charge on any atom is -0.480 e. The van der Waals surface area contributed by atoms with Crippen molar-refractivity contribution in [3.63, 3.8) is 0 Å².